The van der Waals surface area contributed by atoms with Crippen LogP contribution in [0.15, 0.2) is 42.7 Å². The predicted molar refractivity (Wildman–Crippen MR) is 74.8 cm³/mol. The third-order valence-electron chi connectivity index (χ3n) is 2.85. The molecule has 0 spiro atoms. The molecule has 1 aromatic heterocycles. The monoisotopic (exact) mass is 279 g/mol. The lowest BCUT2D eigenvalue weighted by Gasteiger charge is -2.07. The van der Waals surface area contributed by atoms with E-state index in [1.807, 2.05) is 36.5 Å². The van der Waals surface area contributed by atoms with E-state index in [1.54, 1.807) is 10.9 Å². The molecule has 0 amide bonds. The number of hydrogen-bond acceptors (Lipinski definition) is 4. The Hall–Kier alpha value is -1.66. The summed E-state index contributed by atoms with van der Waals surface area (Å²) >= 11 is 0. The molecule has 0 aliphatic carbocycles. The van der Waals surface area contributed by atoms with E-state index in [4.69, 9.17) is 5.73 Å². The van der Waals surface area contributed by atoms with Gasteiger partial charge < -0.3 is 5.73 Å². The van der Waals surface area contributed by atoms with Crippen molar-refractivity contribution in [3.05, 3.63) is 48.3 Å². The highest BCUT2D eigenvalue weighted by atomic mass is 32.2. The van der Waals surface area contributed by atoms with E-state index >= 15 is 0 Å². The van der Waals surface area contributed by atoms with Crippen molar-refractivity contribution in [3.8, 4) is 5.69 Å². The van der Waals surface area contributed by atoms with Gasteiger partial charge in [-0.2, -0.15) is 5.10 Å². The summed E-state index contributed by atoms with van der Waals surface area (Å²) in [6, 6.07) is 9.37. The third-order valence-corrected chi connectivity index (χ3v) is 3.83. The minimum atomic E-state index is -2.98. The Morgan fingerprint density at radius 3 is 2.63 bits per heavy atom. The van der Waals surface area contributed by atoms with E-state index < -0.39 is 9.84 Å². The van der Waals surface area contributed by atoms with Crippen LogP contribution in [0.25, 0.3) is 5.69 Å². The zero-order chi connectivity index (χ0) is 13.9. The first kappa shape index (κ1) is 13.8. The number of nitrogens with zero attached hydrogens (tertiary/aromatic N) is 2. The number of nitrogens with two attached hydrogens (primary N) is 1. The number of hydrogen-bond donors (Lipinski definition) is 1. The molecule has 0 bridgehead atoms. The van der Waals surface area contributed by atoms with Gasteiger partial charge in [0, 0.05) is 24.1 Å². The summed E-state index contributed by atoms with van der Waals surface area (Å²) < 4.78 is 24.0. The first-order valence-corrected chi connectivity index (χ1v) is 8.05. The molecule has 1 atom stereocenters. The molecule has 1 heterocycles. The summed E-state index contributed by atoms with van der Waals surface area (Å²) in [7, 11) is -2.98. The highest BCUT2D eigenvalue weighted by Gasteiger charge is 2.12. The number of rotatable bonds is 5. The van der Waals surface area contributed by atoms with Gasteiger partial charge in [-0.25, -0.2) is 13.1 Å². The maximum atomic E-state index is 11.1. The topological polar surface area (TPSA) is 78.0 Å². The normalized spacial score (nSPS) is 13.4. The van der Waals surface area contributed by atoms with E-state index in [9.17, 15) is 8.42 Å². The second-order valence-electron chi connectivity index (χ2n) is 4.58. The molecule has 0 saturated heterocycles. The van der Waals surface area contributed by atoms with E-state index in [-0.39, 0.29) is 11.8 Å². The lowest BCUT2D eigenvalue weighted by molar-refractivity contribution is 0.591. The zero-order valence-electron chi connectivity index (χ0n) is 10.7. The maximum Gasteiger partial charge on any atom is 0.147 e. The van der Waals surface area contributed by atoms with E-state index in [0.29, 0.717) is 6.42 Å². The summed E-state index contributed by atoms with van der Waals surface area (Å²) in [6.07, 6.45) is 5.13. The van der Waals surface area contributed by atoms with Gasteiger partial charge in [0.2, 0.25) is 0 Å². The van der Waals surface area contributed by atoms with Crippen molar-refractivity contribution in [2.24, 2.45) is 5.73 Å². The van der Waals surface area contributed by atoms with Crippen LogP contribution in [-0.2, 0) is 9.84 Å². The van der Waals surface area contributed by atoms with Crippen molar-refractivity contribution < 1.29 is 8.42 Å². The molecule has 19 heavy (non-hydrogen) atoms. The van der Waals surface area contributed by atoms with Gasteiger partial charge in [-0.1, -0.05) is 18.2 Å². The van der Waals surface area contributed by atoms with Crippen LogP contribution in [-0.4, -0.2) is 30.2 Å². The third kappa shape index (κ3) is 3.90. The van der Waals surface area contributed by atoms with Crippen LogP contribution >= 0.6 is 0 Å². The number of sulfone groups is 1. The summed E-state index contributed by atoms with van der Waals surface area (Å²) in [5, 5.41) is 4.24. The Kier molecular flexibility index (Phi) is 4.01. The number of para-hydroxylation sites is 1. The molecule has 2 N–H and O–H groups in total. The van der Waals surface area contributed by atoms with Gasteiger partial charge in [0.15, 0.2) is 0 Å². The quantitative estimate of drug-likeness (QED) is 0.895. The lowest BCUT2D eigenvalue weighted by Crippen LogP contribution is -2.15. The van der Waals surface area contributed by atoms with E-state index in [0.717, 1.165) is 11.3 Å². The lowest BCUT2D eigenvalue weighted by atomic mass is 10.1. The first-order valence-electron chi connectivity index (χ1n) is 5.99. The molecule has 1 unspecified atom stereocenters. The summed E-state index contributed by atoms with van der Waals surface area (Å²) in [6.45, 7) is 0. The van der Waals surface area contributed by atoms with Crippen LogP contribution in [0.3, 0.4) is 0 Å². The maximum absolute atomic E-state index is 11.1. The van der Waals surface area contributed by atoms with Crippen LogP contribution in [0.1, 0.15) is 18.0 Å². The highest BCUT2D eigenvalue weighted by molar-refractivity contribution is 7.90. The largest absolute Gasteiger partial charge is 0.324 e. The molecular formula is C13H17N3O2S. The van der Waals surface area contributed by atoms with Crippen LogP contribution in [0, 0.1) is 0 Å². The summed E-state index contributed by atoms with van der Waals surface area (Å²) in [5.74, 6) is 0.0880. The SMILES string of the molecule is CS(=O)(=O)CCC(N)c1cnn(-c2ccccc2)c1. The molecule has 0 saturated carbocycles. The molecule has 6 heteroatoms. The van der Waals surface area contributed by atoms with Gasteiger partial charge >= 0.3 is 0 Å². The van der Waals surface area contributed by atoms with E-state index in [2.05, 4.69) is 5.10 Å². The summed E-state index contributed by atoms with van der Waals surface area (Å²) in [5.41, 5.74) is 7.76. The second-order valence-corrected chi connectivity index (χ2v) is 6.84. The molecule has 0 aliphatic rings. The van der Waals surface area contributed by atoms with Crippen molar-refractivity contribution in [1.82, 2.24) is 9.78 Å². The molecule has 102 valence electrons. The van der Waals surface area contributed by atoms with Crippen LogP contribution in [0.2, 0.25) is 0 Å². The first-order chi connectivity index (χ1) is 8.96. The van der Waals surface area contributed by atoms with Crippen molar-refractivity contribution in [1.29, 1.82) is 0 Å². The van der Waals surface area contributed by atoms with Gasteiger partial charge in [0.05, 0.1) is 17.6 Å². The standard InChI is InChI=1S/C13H17N3O2S/c1-19(17,18)8-7-13(14)11-9-15-16(10-11)12-5-3-2-4-6-12/h2-6,9-10,13H,7-8,14H2,1H3. The summed E-state index contributed by atoms with van der Waals surface area (Å²) in [4.78, 5) is 0. The molecule has 2 aromatic rings. The van der Waals surface area contributed by atoms with E-state index in [1.165, 1.54) is 6.26 Å². The Morgan fingerprint density at radius 2 is 2.00 bits per heavy atom. The van der Waals surface area contributed by atoms with Gasteiger partial charge in [0.1, 0.15) is 9.84 Å². The van der Waals surface area contributed by atoms with Gasteiger partial charge in [-0.05, 0) is 18.6 Å². The fraction of sp³-hybridized carbons (Fsp3) is 0.308. The molecule has 2 rings (SSSR count). The average molecular weight is 279 g/mol. The molecule has 1 aromatic carbocycles. The van der Waals surface area contributed by atoms with Crippen LogP contribution in [0.4, 0.5) is 0 Å². The Bertz CT molecular complexity index is 635. The predicted octanol–water partition coefficient (Wildman–Crippen LogP) is 1.31. The van der Waals surface area contributed by atoms with Crippen molar-refractivity contribution in [3.63, 3.8) is 0 Å². The Morgan fingerprint density at radius 1 is 1.32 bits per heavy atom. The fourth-order valence-corrected chi connectivity index (χ4v) is 2.44. The zero-order valence-corrected chi connectivity index (χ0v) is 11.5. The van der Waals surface area contributed by atoms with Crippen LogP contribution in [0.5, 0.6) is 0 Å². The Balaban J connectivity index is 2.09. The molecule has 5 nitrogen and oxygen atoms in total. The van der Waals surface area contributed by atoms with Gasteiger partial charge in [-0.15, -0.1) is 0 Å². The second kappa shape index (κ2) is 5.54. The minimum Gasteiger partial charge on any atom is -0.324 e. The van der Waals surface area contributed by atoms with Crippen molar-refractivity contribution in [2.45, 2.75) is 12.5 Å². The van der Waals surface area contributed by atoms with Crippen molar-refractivity contribution >= 4 is 9.84 Å². The molecule has 0 aliphatic heterocycles. The van der Waals surface area contributed by atoms with Gasteiger partial charge in [0.25, 0.3) is 0 Å². The molecule has 0 radical (unpaired) electrons. The highest BCUT2D eigenvalue weighted by Crippen LogP contribution is 2.16. The molecule has 0 fully saturated rings. The average Bonchev–Trinajstić information content (AvgIpc) is 2.86. The molecular weight excluding hydrogens is 262 g/mol. The minimum absolute atomic E-state index is 0.0880. The Labute approximate surface area is 113 Å². The smallest absolute Gasteiger partial charge is 0.147 e. The number of aromatic nitrogens is 2. The fourth-order valence-electron chi connectivity index (χ4n) is 1.76. The van der Waals surface area contributed by atoms with Crippen LogP contribution < -0.4 is 5.73 Å². The van der Waals surface area contributed by atoms with Crippen molar-refractivity contribution in [2.75, 3.05) is 12.0 Å². The number of benzene rings is 1. The van der Waals surface area contributed by atoms with Gasteiger partial charge in [-0.3, -0.25) is 0 Å².